The minimum absolute atomic E-state index is 0.0352. The zero-order valence-corrected chi connectivity index (χ0v) is 15.8. The summed E-state index contributed by atoms with van der Waals surface area (Å²) in [5, 5.41) is 3.48. The lowest BCUT2D eigenvalue weighted by Crippen LogP contribution is -2.36. The van der Waals surface area contributed by atoms with Crippen LogP contribution in [0.1, 0.15) is 35.2 Å². The van der Waals surface area contributed by atoms with Crippen LogP contribution in [0.2, 0.25) is 0 Å². The Labute approximate surface area is 167 Å². The molecule has 1 aliphatic carbocycles. The van der Waals surface area contributed by atoms with Crippen LogP contribution in [0.15, 0.2) is 57.7 Å². The van der Waals surface area contributed by atoms with Crippen LogP contribution in [0.5, 0.6) is 0 Å². The van der Waals surface area contributed by atoms with Crippen LogP contribution in [-0.4, -0.2) is 18.4 Å². The van der Waals surface area contributed by atoms with Crippen LogP contribution < -0.4 is 15.8 Å². The molecule has 29 heavy (non-hydrogen) atoms. The molecule has 1 N–H and O–H groups in total. The topological polar surface area (TPSA) is 79.6 Å². The van der Waals surface area contributed by atoms with Gasteiger partial charge in [0.1, 0.15) is 11.1 Å². The molecule has 2 aliphatic rings. The number of rotatable bonds is 3. The number of nitrogens with zero attached hydrogens (tertiary/aromatic N) is 1. The molecular weight excluding hydrogens is 368 g/mol. The fraction of sp³-hybridized carbons (Fsp3) is 0.261. The summed E-state index contributed by atoms with van der Waals surface area (Å²) in [6.07, 6.45) is 3.71. The van der Waals surface area contributed by atoms with Crippen molar-refractivity contribution in [3.05, 3.63) is 70.1 Å². The van der Waals surface area contributed by atoms with Gasteiger partial charge in [-0.25, -0.2) is 4.79 Å². The Morgan fingerprint density at radius 1 is 1.07 bits per heavy atom. The number of hydrogen-bond acceptors (Lipinski definition) is 4. The van der Waals surface area contributed by atoms with E-state index in [-0.39, 0.29) is 17.4 Å². The molecule has 2 heterocycles. The standard InChI is InChI=1S/C23H20N2O4/c26-21(18-13-16-4-1-2-6-20(16)29-23(18)28)24-17-9-10-19-15(12-17)5-3-11-25(19)22(27)14-7-8-14/h1-2,4,6,9-10,12-14H,3,5,7-8,11H2,(H,24,26). The SMILES string of the molecule is O=C(Nc1ccc2c(c1)CCCN2C(=O)C1CC1)c1cc2ccccc2oc1=O. The van der Waals surface area contributed by atoms with Gasteiger partial charge in [-0.3, -0.25) is 9.59 Å². The minimum Gasteiger partial charge on any atom is -0.422 e. The summed E-state index contributed by atoms with van der Waals surface area (Å²) >= 11 is 0. The number of fused-ring (bicyclic) bond motifs is 2. The Morgan fingerprint density at radius 2 is 1.90 bits per heavy atom. The molecule has 0 spiro atoms. The first-order valence-electron chi connectivity index (χ1n) is 9.89. The van der Waals surface area contributed by atoms with Crippen molar-refractivity contribution in [2.75, 3.05) is 16.8 Å². The molecule has 0 radical (unpaired) electrons. The molecule has 2 amide bonds. The number of carbonyl (C=O) groups is 2. The second kappa shape index (κ2) is 6.88. The lowest BCUT2D eigenvalue weighted by molar-refractivity contribution is -0.119. The van der Waals surface area contributed by atoms with Crippen molar-refractivity contribution in [3.63, 3.8) is 0 Å². The Morgan fingerprint density at radius 3 is 2.72 bits per heavy atom. The lowest BCUT2D eigenvalue weighted by atomic mass is 10.00. The summed E-state index contributed by atoms with van der Waals surface area (Å²) < 4.78 is 5.25. The van der Waals surface area contributed by atoms with E-state index in [0.717, 1.165) is 43.5 Å². The lowest BCUT2D eigenvalue weighted by Gasteiger charge is -2.30. The third kappa shape index (κ3) is 3.31. The molecule has 6 heteroatoms. The van der Waals surface area contributed by atoms with Gasteiger partial charge >= 0.3 is 5.63 Å². The van der Waals surface area contributed by atoms with Crippen molar-refractivity contribution in [1.82, 2.24) is 0 Å². The molecule has 6 nitrogen and oxygen atoms in total. The van der Waals surface area contributed by atoms with E-state index >= 15 is 0 Å². The number of para-hydroxylation sites is 1. The number of carbonyl (C=O) groups excluding carboxylic acids is 2. The van der Waals surface area contributed by atoms with Gasteiger partial charge in [0.05, 0.1) is 0 Å². The Hall–Kier alpha value is -3.41. The van der Waals surface area contributed by atoms with Crippen molar-refractivity contribution in [2.24, 2.45) is 5.92 Å². The number of nitrogens with one attached hydrogen (secondary N) is 1. The number of aryl methyl sites for hydroxylation is 1. The molecule has 0 atom stereocenters. The zero-order valence-electron chi connectivity index (χ0n) is 15.8. The molecule has 3 aromatic rings. The van der Waals surface area contributed by atoms with Gasteiger partial charge in [-0.05, 0) is 61.6 Å². The van der Waals surface area contributed by atoms with E-state index in [2.05, 4.69) is 5.32 Å². The average Bonchev–Trinajstić information content (AvgIpc) is 3.57. The molecule has 1 aliphatic heterocycles. The smallest absolute Gasteiger partial charge is 0.349 e. The second-order valence-electron chi connectivity index (χ2n) is 7.65. The monoisotopic (exact) mass is 388 g/mol. The predicted molar refractivity (Wildman–Crippen MR) is 110 cm³/mol. The van der Waals surface area contributed by atoms with Gasteiger partial charge in [0.2, 0.25) is 5.91 Å². The summed E-state index contributed by atoms with van der Waals surface area (Å²) in [5.74, 6) is -0.129. The van der Waals surface area contributed by atoms with Gasteiger partial charge in [-0.1, -0.05) is 18.2 Å². The number of anilines is 2. The molecule has 0 saturated heterocycles. The van der Waals surface area contributed by atoms with Gasteiger partial charge in [0, 0.05) is 29.2 Å². The van der Waals surface area contributed by atoms with Gasteiger partial charge < -0.3 is 14.6 Å². The van der Waals surface area contributed by atoms with Crippen LogP contribution in [0.25, 0.3) is 11.0 Å². The largest absolute Gasteiger partial charge is 0.422 e. The fourth-order valence-electron chi connectivity index (χ4n) is 3.87. The average molecular weight is 388 g/mol. The van der Waals surface area contributed by atoms with Gasteiger partial charge in [0.25, 0.3) is 5.91 Å². The second-order valence-corrected chi connectivity index (χ2v) is 7.65. The molecule has 1 fully saturated rings. The highest BCUT2D eigenvalue weighted by Gasteiger charge is 2.35. The fourth-order valence-corrected chi connectivity index (χ4v) is 3.87. The molecule has 2 aromatic carbocycles. The minimum atomic E-state index is -0.666. The van der Waals surface area contributed by atoms with Gasteiger partial charge in [-0.2, -0.15) is 0 Å². The highest BCUT2D eigenvalue weighted by atomic mass is 16.4. The van der Waals surface area contributed by atoms with Gasteiger partial charge in [-0.15, -0.1) is 0 Å². The molecule has 0 unspecified atom stereocenters. The van der Waals surface area contributed by atoms with Crippen molar-refractivity contribution in [1.29, 1.82) is 0 Å². The quantitative estimate of drug-likeness (QED) is 0.694. The summed E-state index contributed by atoms with van der Waals surface area (Å²) in [6, 6.07) is 14.2. The van der Waals surface area contributed by atoms with E-state index in [1.165, 1.54) is 0 Å². The molecule has 5 rings (SSSR count). The number of amides is 2. The van der Waals surface area contributed by atoms with E-state index in [1.54, 1.807) is 30.3 Å². The van der Waals surface area contributed by atoms with E-state index in [4.69, 9.17) is 4.42 Å². The molecule has 0 bridgehead atoms. The van der Waals surface area contributed by atoms with E-state index in [1.807, 2.05) is 23.1 Å². The van der Waals surface area contributed by atoms with E-state index < -0.39 is 11.5 Å². The maximum atomic E-state index is 12.7. The summed E-state index contributed by atoms with van der Waals surface area (Å²) in [7, 11) is 0. The zero-order chi connectivity index (χ0) is 20.0. The van der Waals surface area contributed by atoms with Crippen molar-refractivity contribution in [3.8, 4) is 0 Å². The van der Waals surface area contributed by atoms with Crippen molar-refractivity contribution >= 4 is 34.2 Å². The van der Waals surface area contributed by atoms with Crippen LogP contribution in [0.3, 0.4) is 0 Å². The van der Waals surface area contributed by atoms with Crippen LogP contribution >= 0.6 is 0 Å². The normalized spacial score (nSPS) is 15.8. The molecule has 1 saturated carbocycles. The summed E-state index contributed by atoms with van der Waals surface area (Å²) in [5.41, 5.74) is 2.31. The first-order valence-corrected chi connectivity index (χ1v) is 9.89. The Bertz CT molecular complexity index is 1190. The highest BCUT2D eigenvalue weighted by molar-refractivity contribution is 6.05. The highest BCUT2D eigenvalue weighted by Crippen LogP contribution is 2.36. The Balaban J connectivity index is 1.41. The predicted octanol–water partition coefficient (Wildman–Crippen LogP) is 3.73. The van der Waals surface area contributed by atoms with E-state index in [9.17, 15) is 14.4 Å². The molecular formula is C23H20N2O4. The van der Waals surface area contributed by atoms with Crippen molar-refractivity contribution in [2.45, 2.75) is 25.7 Å². The van der Waals surface area contributed by atoms with Crippen LogP contribution in [-0.2, 0) is 11.2 Å². The number of benzene rings is 2. The third-order valence-corrected chi connectivity index (χ3v) is 5.53. The molecule has 1 aromatic heterocycles. The molecule has 146 valence electrons. The van der Waals surface area contributed by atoms with Crippen LogP contribution in [0.4, 0.5) is 11.4 Å². The maximum Gasteiger partial charge on any atom is 0.349 e. The first-order chi connectivity index (χ1) is 14.1. The van der Waals surface area contributed by atoms with E-state index in [0.29, 0.717) is 16.7 Å². The third-order valence-electron chi connectivity index (χ3n) is 5.53. The Kier molecular flexibility index (Phi) is 4.19. The van der Waals surface area contributed by atoms with Gasteiger partial charge in [0.15, 0.2) is 0 Å². The summed E-state index contributed by atoms with van der Waals surface area (Å²) in [4.78, 5) is 39.3. The van der Waals surface area contributed by atoms with Crippen LogP contribution in [0, 0.1) is 5.92 Å². The first kappa shape index (κ1) is 17.7. The van der Waals surface area contributed by atoms with Crippen molar-refractivity contribution < 1.29 is 14.0 Å². The maximum absolute atomic E-state index is 12.7. The number of hydrogen-bond donors (Lipinski definition) is 1. The summed E-state index contributed by atoms with van der Waals surface area (Å²) in [6.45, 7) is 0.742.